The highest BCUT2D eigenvalue weighted by Crippen LogP contribution is 2.79. The number of benzene rings is 1. The van der Waals surface area contributed by atoms with Crippen LogP contribution in [0.25, 0.3) is 11.0 Å². The van der Waals surface area contributed by atoms with Gasteiger partial charge in [0.15, 0.2) is 0 Å². The largest absolute Gasteiger partial charge is 0.393 e. The number of para-hydroxylation sites is 2. The summed E-state index contributed by atoms with van der Waals surface area (Å²) in [5.74, 6) is 3.10. The lowest BCUT2D eigenvalue weighted by atomic mass is 9.31. The molecule has 2 aromatic rings. The molecule has 6 nitrogen and oxygen atoms in total. The molecule has 1 N–H and O–H groups in total. The van der Waals surface area contributed by atoms with E-state index in [0.29, 0.717) is 23.7 Å². The summed E-state index contributed by atoms with van der Waals surface area (Å²) in [6.07, 6.45) is 14.6. The SMILES string of the molecule is C=C(C)[C@H]1CC[C@]2(C=O)CC[C@]3(C)[C@@H](CC[C@@H]4[C@@]5(C)CC[C@H](O)C(C)(C)[C@@H]5CC[C@]43C)[C@]12N1CCC[C@H]1c1nc2ccccc2n1CCN(C)C. The van der Waals surface area contributed by atoms with Gasteiger partial charge in [0.1, 0.15) is 12.1 Å². The molecule has 8 rings (SSSR count). The summed E-state index contributed by atoms with van der Waals surface area (Å²) in [7, 11) is 4.33. The molecule has 0 amide bonds. The van der Waals surface area contributed by atoms with Gasteiger partial charge in [-0.05, 0) is 162 Å². The van der Waals surface area contributed by atoms with E-state index < -0.39 is 0 Å². The third kappa shape index (κ3) is 4.57. The quantitative estimate of drug-likeness (QED) is 0.231. The summed E-state index contributed by atoms with van der Waals surface area (Å²) in [5.41, 5.74) is 3.42. The van der Waals surface area contributed by atoms with Gasteiger partial charge in [0.05, 0.1) is 23.2 Å². The molecule has 0 bridgehead atoms. The van der Waals surface area contributed by atoms with E-state index in [0.717, 1.165) is 76.5 Å². The third-order valence-corrected chi connectivity index (χ3v) is 18.0. The second-order valence-electron chi connectivity index (χ2n) is 20.3. The van der Waals surface area contributed by atoms with Gasteiger partial charge in [0, 0.05) is 24.0 Å². The molecule has 11 atom stereocenters. The molecule has 0 radical (unpaired) electrons. The van der Waals surface area contributed by atoms with E-state index in [1.807, 2.05) is 0 Å². The minimum absolute atomic E-state index is 0.0517. The first-order chi connectivity index (χ1) is 24.1. The Morgan fingerprint density at radius 3 is 2.37 bits per heavy atom. The second-order valence-corrected chi connectivity index (χ2v) is 20.3. The van der Waals surface area contributed by atoms with Crippen LogP contribution in [0.4, 0.5) is 0 Å². The van der Waals surface area contributed by atoms with Crippen LogP contribution in [0.2, 0.25) is 0 Å². The van der Waals surface area contributed by atoms with E-state index in [-0.39, 0.29) is 44.8 Å². The summed E-state index contributed by atoms with van der Waals surface area (Å²) in [5, 5.41) is 11.3. The number of carbonyl (C=O) groups excluding carboxylic acids is 1. The predicted molar refractivity (Wildman–Crippen MR) is 207 cm³/mol. The van der Waals surface area contributed by atoms with Crippen molar-refractivity contribution in [2.45, 2.75) is 143 Å². The third-order valence-electron chi connectivity index (χ3n) is 18.0. The van der Waals surface area contributed by atoms with Crippen molar-refractivity contribution in [3.8, 4) is 0 Å². The first kappa shape index (κ1) is 36.0. The summed E-state index contributed by atoms with van der Waals surface area (Å²) in [6.45, 7) is 22.7. The van der Waals surface area contributed by atoms with Crippen LogP contribution in [0.15, 0.2) is 36.4 Å². The Kier molecular flexibility index (Phi) is 8.46. The van der Waals surface area contributed by atoms with Crippen LogP contribution in [-0.2, 0) is 11.3 Å². The molecule has 51 heavy (non-hydrogen) atoms. The zero-order chi connectivity index (χ0) is 36.4. The summed E-state index contributed by atoms with van der Waals surface area (Å²) < 4.78 is 2.53. The highest BCUT2D eigenvalue weighted by molar-refractivity contribution is 5.76. The Morgan fingerprint density at radius 2 is 1.65 bits per heavy atom. The highest BCUT2D eigenvalue weighted by Gasteiger charge is 2.77. The standard InChI is InChI=1S/C45H68N4O2/c1-30(2)31-18-23-44(29-50)25-24-43(7)37(17-16-36-41(5)21-20-38(51)40(3,4)35(41)19-22-42(36,43)6)45(31,44)49-26-12-15-34(49)39-46-32-13-10-11-14-33(32)48(39)28-27-47(8)9/h10-11,13-14,29,31,34-38,51H,1,12,15-28H2,2-9H3/t31-,34+,35+,36-,37-,38+,41+,42-,43-,44-,45-/m1/s1. The monoisotopic (exact) mass is 697 g/mol. The van der Waals surface area contributed by atoms with Crippen molar-refractivity contribution in [1.82, 2.24) is 19.4 Å². The van der Waals surface area contributed by atoms with Crippen LogP contribution in [0, 0.1) is 50.7 Å². The van der Waals surface area contributed by atoms with Crippen molar-refractivity contribution in [1.29, 1.82) is 0 Å². The number of likely N-dealkylation sites (tertiary alicyclic amines) is 1. The van der Waals surface area contributed by atoms with Gasteiger partial charge >= 0.3 is 0 Å². The zero-order valence-corrected chi connectivity index (χ0v) is 33.3. The van der Waals surface area contributed by atoms with Crippen LogP contribution in [-0.4, -0.2) is 69.6 Å². The number of fused-ring (bicyclic) bond motifs is 8. The van der Waals surface area contributed by atoms with Gasteiger partial charge in [-0.2, -0.15) is 0 Å². The molecule has 5 saturated carbocycles. The van der Waals surface area contributed by atoms with Gasteiger partial charge in [-0.1, -0.05) is 58.9 Å². The van der Waals surface area contributed by atoms with E-state index in [9.17, 15) is 9.90 Å². The lowest BCUT2D eigenvalue weighted by Gasteiger charge is -2.75. The molecule has 6 fully saturated rings. The lowest BCUT2D eigenvalue weighted by Crippen LogP contribution is -2.75. The molecule has 1 saturated heterocycles. The topological polar surface area (TPSA) is 61.6 Å². The van der Waals surface area contributed by atoms with E-state index in [4.69, 9.17) is 11.6 Å². The normalized spacial score (nSPS) is 44.9. The number of imidazole rings is 1. The molecule has 6 aliphatic rings. The average Bonchev–Trinajstić information content (AvgIpc) is 3.80. The van der Waals surface area contributed by atoms with Gasteiger partial charge in [0.25, 0.3) is 0 Å². The fraction of sp³-hybridized carbons (Fsp3) is 0.778. The minimum Gasteiger partial charge on any atom is -0.393 e. The number of hydrogen-bond donors (Lipinski definition) is 1. The summed E-state index contributed by atoms with van der Waals surface area (Å²) >= 11 is 0. The first-order valence-corrected chi connectivity index (χ1v) is 20.8. The van der Waals surface area contributed by atoms with Crippen LogP contribution in [0.5, 0.6) is 0 Å². The molecule has 1 aromatic heterocycles. The van der Waals surface area contributed by atoms with Gasteiger partial charge in [-0.3, -0.25) is 4.90 Å². The van der Waals surface area contributed by atoms with Crippen molar-refractivity contribution in [3.63, 3.8) is 0 Å². The Hall–Kier alpha value is -2.02. The molecule has 2 heterocycles. The molecule has 280 valence electrons. The fourth-order valence-electron chi connectivity index (χ4n) is 15.5. The van der Waals surface area contributed by atoms with Crippen LogP contribution in [0.1, 0.15) is 130 Å². The van der Waals surface area contributed by atoms with E-state index in [1.165, 1.54) is 48.9 Å². The molecule has 5 aliphatic carbocycles. The Bertz CT molecular complexity index is 1700. The van der Waals surface area contributed by atoms with Gasteiger partial charge in [-0.25, -0.2) is 4.98 Å². The van der Waals surface area contributed by atoms with Crippen molar-refractivity contribution in [3.05, 3.63) is 42.2 Å². The number of carbonyl (C=O) groups is 1. The Balaban J connectivity index is 1.29. The van der Waals surface area contributed by atoms with Crippen LogP contribution in [0.3, 0.4) is 0 Å². The molecular weight excluding hydrogens is 629 g/mol. The Morgan fingerprint density at radius 1 is 0.922 bits per heavy atom. The fourth-order valence-corrected chi connectivity index (χ4v) is 15.5. The molecule has 1 aromatic carbocycles. The van der Waals surface area contributed by atoms with Gasteiger partial charge < -0.3 is 19.4 Å². The number of likely N-dealkylation sites (N-methyl/N-ethyl adjacent to an activating group) is 1. The smallest absolute Gasteiger partial charge is 0.128 e. The molecule has 0 unspecified atom stereocenters. The van der Waals surface area contributed by atoms with Gasteiger partial charge in [-0.15, -0.1) is 0 Å². The van der Waals surface area contributed by atoms with Gasteiger partial charge in [0.2, 0.25) is 0 Å². The number of aromatic nitrogens is 2. The number of aliphatic hydroxyl groups excluding tert-OH is 1. The van der Waals surface area contributed by atoms with E-state index in [2.05, 4.69) is 94.3 Å². The maximum atomic E-state index is 14.1. The average molecular weight is 697 g/mol. The molecule has 0 spiro atoms. The maximum absolute atomic E-state index is 14.1. The van der Waals surface area contributed by atoms with Crippen molar-refractivity contribution < 1.29 is 9.90 Å². The zero-order valence-electron chi connectivity index (χ0n) is 33.3. The van der Waals surface area contributed by atoms with Crippen LogP contribution < -0.4 is 0 Å². The van der Waals surface area contributed by atoms with E-state index >= 15 is 0 Å². The van der Waals surface area contributed by atoms with Crippen molar-refractivity contribution >= 4 is 17.3 Å². The van der Waals surface area contributed by atoms with Crippen molar-refractivity contribution in [2.24, 2.45) is 50.7 Å². The summed E-state index contributed by atoms with van der Waals surface area (Å²) in [6, 6.07) is 8.91. The molecular formula is C45H68N4O2. The number of hydrogen-bond acceptors (Lipinski definition) is 5. The molecule has 1 aliphatic heterocycles. The number of rotatable bonds is 7. The summed E-state index contributed by atoms with van der Waals surface area (Å²) in [4.78, 5) is 24.8. The predicted octanol–water partition coefficient (Wildman–Crippen LogP) is 9.07. The highest BCUT2D eigenvalue weighted by atomic mass is 16.3. The van der Waals surface area contributed by atoms with Crippen LogP contribution >= 0.6 is 0 Å². The molecule has 6 heteroatoms. The number of aliphatic hydroxyl groups is 1. The van der Waals surface area contributed by atoms with Crippen molar-refractivity contribution in [2.75, 3.05) is 27.2 Å². The second kappa shape index (κ2) is 12.0. The Labute approximate surface area is 308 Å². The maximum Gasteiger partial charge on any atom is 0.128 e. The number of aldehydes is 1. The first-order valence-electron chi connectivity index (χ1n) is 20.8. The minimum atomic E-state index is -0.370. The lowest BCUT2D eigenvalue weighted by molar-refractivity contribution is -0.267. The van der Waals surface area contributed by atoms with E-state index in [1.54, 1.807) is 0 Å². The number of nitrogens with zero attached hydrogens (tertiary/aromatic N) is 4.